The topological polar surface area (TPSA) is 47.6 Å². The first-order chi connectivity index (χ1) is 12.7. The number of carbonyl (C=O) groups is 1. The number of nitrogens with one attached hydrogen (secondary N) is 1. The van der Waals surface area contributed by atoms with Crippen molar-refractivity contribution in [1.29, 1.82) is 0 Å². The van der Waals surface area contributed by atoms with E-state index in [2.05, 4.69) is 29.6 Å². The highest BCUT2D eigenvalue weighted by molar-refractivity contribution is 5.89. The number of rotatable bonds is 4. The Morgan fingerprint density at radius 3 is 2.73 bits per heavy atom. The number of hydrogen-bond acceptors (Lipinski definition) is 4. The Bertz CT molecular complexity index is 841. The van der Waals surface area contributed by atoms with Crippen LogP contribution in [0.15, 0.2) is 54.6 Å². The average molecular weight is 349 g/mol. The van der Waals surface area contributed by atoms with E-state index in [0.29, 0.717) is 24.0 Å². The van der Waals surface area contributed by atoms with E-state index in [4.69, 9.17) is 9.47 Å². The first-order valence-corrected chi connectivity index (χ1v) is 9.10. The summed E-state index contributed by atoms with van der Waals surface area (Å²) in [6, 6.07) is 14.2. The second-order valence-electron chi connectivity index (χ2n) is 6.74. The lowest BCUT2D eigenvalue weighted by atomic mass is 9.77. The van der Waals surface area contributed by atoms with Crippen LogP contribution in [0.3, 0.4) is 0 Å². The summed E-state index contributed by atoms with van der Waals surface area (Å²) >= 11 is 0. The molecule has 4 rings (SSSR count). The molecule has 4 nitrogen and oxygen atoms in total. The Morgan fingerprint density at radius 2 is 2.00 bits per heavy atom. The van der Waals surface area contributed by atoms with E-state index in [1.165, 1.54) is 18.2 Å². The summed E-state index contributed by atoms with van der Waals surface area (Å²) < 4.78 is 10.7. The number of methoxy groups -OCH3 is 1. The van der Waals surface area contributed by atoms with Crippen molar-refractivity contribution >= 4 is 11.7 Å². The molecule has 2 aromatic carbocycles. The quantitative estimate of drug-likeness (QED) is 0.642. The molecule has 4 heteroatoms. The third kappa shape index (κ3) is 2.75. The van der Waals surface area contributed by atoms with Crippen LogP contribution in [0.25, 0.3) is 0 Å². The van der Waals surface area contributed by atoms with Crippen LogP contribution in [0.2, 0.25) is 0 Å². The highest BCUT2D eigenvalue weighted by Crippen LogP contribution is 2.52. The van der Waals surface area contributed by atoms with Crippen LogP contribution in [-0.2, 0) is 4.74 Å². The van der Waals surface area contributed by atoms with Gasteiger partial charge in [0.2, 0.25) is 0 Å². The van der Waals surface area contributed by atoms with Crippen LogP contribution in [-0.4, -0.2) is 19.7 Å². The number of allylic oxidation sites excluding steroid dienone is 2. The molecule has 26 heavy (non-hydrogen) atoms. The van der Waals surface area contributed by atoms with E-state index >= 15 is 0 Å². The molecule has 2 aromatic rings. The molecule has 2 aliphatic rings. The van der Waals surface area contributed by atoms with Gasteiger partial charge in [-0.15, -0.1) is 0 Å². The van der Waals surface area contributed by atoms with Gasteiger partial charge in [0.25, 0.3) is 0 Å². The van der Waals surface area contributed by atoms with Crippen molar-refractivity contribution < 1.29 is 14.3 Å². The second-order valence-corrected chi connectivity index (χ2v) is 6.74. The van der Waals surface area contributed by atoms with Crippen LogP contribution < -0.4 is 10.1 Å². The minimum absolute atomic E-state index is 0.177. The van der Waals surface area contributed by atoms with Gasteiger partial charge >= 0.3 is 5.97 Å². The lowest BCUT2D eigenvalue weighted by molar-refractivity contribution is 0.0600. The number of hydrogen-bond donors (Lipinski definition) is 1. The summed E-state index contributed by atoms with van der Waals surface area (Å²) in [6.07, 6.45) is 5.63. The molecule has 3 atom stereocenters. The molecule has 0 aromatic heterocycles. The second kappa shape index (κ2) is 6.87. The maximum absolute atomic E-state index is 11.7. The first-order valence-electron chi connectivity index (χ1n) is 9.10. The third-order valence-electron chi connectivity index (χ3n) is 5.35. The Balaban J connectivity index is 1.71. The van der Waals surface area contributed by atoms with Gasteiger partial charge in [0.15, 0.2) is 0 Å². The van der Waals surface area contributed by atoms with Crippen molar-refractivity contribution in [2.24, 2.45) is 5.92 Å². The van der Waals surface area contributed by atoms with Gasteiger partial charge in [0.1, 0.15) is 5.75 Å². The molecule has 0 saturated carbocycles. The van der Waals surface area contributed by atoms with Crippen molar-refractivity contribution in [1.82, 2.24) is 0 Å². The first kappa shape index (κ1) is 16.7. The molecule has 0 amide bonds. The van der Waals surface area contributed by atoms with Crippen LogP contribution in [0, 0.1) is 5.92 Å². The van der Waals surface area contributed by atoms with Crippen molar-refractivity contribution in [2.75, 3.05) is 19.0 Å². The van der Waals surface area contributed by atoms with E-state index in [0.717, 1.165) is 17.9 Å². The summed E-state index contributed by atoms with van der Waals surface area (Å²) in [7, 11) is 1.40. The smallest absolute Gasteiger partial charge is 0.337 e. The Labute approximate surface area is 153 Å². The fraction of sp³-hybridized carbons (Fsp3) is 0.318. The fourth-order valence-corrected chi connectivity index (χ4v) is 4.14. The summed E-state index contributed by atoms with van der Waals surface area (Å²) in [5.41, 5.74) is 4.14. The van der Waals surface area contributed by atoms with Crippen LogP contribution in [0.4, 0.5) is 5.69 Å². The van der Waals surface area contributed by atoms with Gasteiger partial charge in [-0.1, -0.05) is 36.4 Å². The number of carbonyl (C=O) groups excluding carboxylic acids is 1. The minimum Gasteiger partial charge on any atom is -0.492 e. The van der Waals surface area contributed by atoms with E-state index in [1.54, 1.807) is 0 Å². The summed E-state index contributed by atoms with van der Waals surface area (Å²) in [5, 5.41) is 3.72. The molecule has 134 valence electrons. The number of benzene rings is 2. The maximum atomic E-state index is 11.7. The lowest BCUT2D eigenvalue weighted by Gasteiger charge is -2.38. The van der Waals surface area contributed by atoms with E-state index in [-0.39, 0.29) is 12.0 Å². The molecule has 0 saturated heterocycles. The molecule has 1 aliphatic heterocycles. The monoisotopic (exact) mass is 349 g/mol. The van der Waals surface area contributed by atoms with Gasteiger partial charge in [-0.25, -0.2) is 4.79 Å². The Hall–Kier alpha value is -2.75. The molecule has 1 heterocycles. The fourth-order valence-electron chi connectivity index (χ4n) is 4.14. The molecular formula is C22H23NO3. The zero-order valence-electron chi connectivity index (χ0n) is 15.1. The van der Waals surface area contributed by atoms with Gasteiger partial charge in [-0.2, -0.15) is 0 Å². The van der Waals surface area contributed by atoms with Gasteiger partial charge in [0, 0.05) is 5.92 Å². The summed E-state index contributed by atoms with van der Waals surface area (Å²) in [6.45, 7) is 2.64. The molecular weight excluding hydrogens is 326 g/mol. The maximum Gasteiger partial charge on any atom is 0.337 e. The highest BCUT2D eigenvalue weighted by Gasteiger charge is 2.38. The van der Waals surface area contributed by atoms with Gasteiger partial charge in [0.05, 0.1) is 31.0 Å². The van der Waals surface area contributed by atoms with Crippen LogP contribution in [0.5, 0.6) is 5.75 Å². The number of ether oxygens (including phenoxy) is 2. The highest BCUT2D eigenvalue weighted by atomic mass is 16.5. The largest absolute Gasteiger partial charge is 0.492 e. The molecule has 0 unspecified atom stereocenters. The average Bonchev–Trinajstić information content (AvgIpc) is 3.17. The van der Waals surface area contributed by atoms with E-state index in [1.807, 2.05) is 37.3 Å². The number of esters is 1. The molecule has 1 N–H and O–H groups in total. The Morgan fingerprint density at radius 1 is 1.19 bits per heavy atom. The SMILES string of the molecule is CCOc1cccc2c1N[C@H](c1ccc(C(=O)OC)cc1)[C@@H]1CC=C[C@@H]21. The van der Waals surface area contributed by atoms with Crippen molar-refractivity contribution in [3.63, 3.8) is 0 Å². The van der Waals surface area contributed by atoms with Crippen LogP contribution >= 0.6 is 0 Å². The van der Waals surface area contributed by atoms with Crippen molar-refractivity contribution in [3.8, 4) is 5.75 Å². The van der Waals surface area contributed by atoms with Crippen molar-refractivity contribution in [2.45, 2.75) is 25.3 Å². The summed E-state index contributed by atoms with van der Waals surface area (Å²) in [4.78, 5) is 11.7. The standard InChI is InChI=1S/C22H23NO3/c1-3-26-19-9-5-8-18-16-6-4-7-17(16)20(23-21(18)19)14-10-12-15(13-11-14)22(24)25-2/h4-6,8-13,16-17,20,23H,3,7H2,1-2H3/t16-,17-,20-/m1/s1. The molecule has 0 radical (unpaired) electrons. The van der Waals surface area contributed by atoms with Crippen molar-refractivity contribution in [3.05, 3.63) is 71.3 Å². The number of fused-ring (bicyclic) bond motifs is 3. The molecule has 0 spiro atoms. The van der Waals surface area contributed by atoms with Gasteiger partial charge < -0.3 is 14.8 Å². The molecule has 0 bridgehead atoms. The normalized spacial score (nSPS) is 22.9. The number of para-hydroxylation sites is 1. The van der Waals surface area contributed by atoms with E-state index < -0.39 is 0 Å². The predicted molar refractivity (Wildman–Crippen MR) is 102 cm³/mol. The van der Waals surface area contributed by atoms with Crippen LogP contribution in [0.1, 0.15) is 46.8 Å². The predicted octanol–water partition coefficient (Wildman–Crippen LogP) is 4.70. The Kier molecular flexibility index (Phi) is 4.41. The minimum atomic E-state index is -0.308. The molecule has 1 aliphatic carbocycles. The van der Waals surface area contributed by atoms with E-state index in [9.17, 15) is 4.79 Å². The number of anilines is 1. The van der Waals surface area contributed by atoms with Gasteiger partial charge in [-0.3, -0.25) is 0 Å². The zero-order chi connectivity index (χ0) is 18.1. The summed E-state index contributed by atoms with van der Waals surface area (Å²) in [5.74, 6) is 1.44. The van der Waals surface area contributed by atoms with Gasteiger partial charge in [-0.05, 0) is 48.6 Å². The zero-order valence-corrected chi connectivity index (χ0v) is 15.1. The third-order valence-corrected chi connectivity index (χ3v) is 5.35. The lowest BCUT2D eigenvalue weighted by Crippen LogP contribution is -2.29. The molecule has 0 fully saturated rings.